The van der Waals surface area contributed by atoms with E-state index in [4.69, 9.17) is 9.47 Å². The standard InChI is InChI=1S/C18H24N6O2/c1-25-18-11-19-10-16(22-18)20-8-14-2-3-17(21-9-14)24-6-4-23(5-7-24)15-12-26-13-15/h2-3,9-11,15H,4-8,12-13H2,1H3,(H,20,22). The summed E-state index contributed by atoms with van der Waals surface area (Å²) in [5.41, 5.74) is 1.10. The Morgan fingerprint density at radius 2 is 2.00 bits per heavy atom. The number of nitrogens with zero attached hydrogens (tertiary/aromatic N) is 5. The maximum absolute atomic E-state index is 5.29. The zero-order valence-corrected chi connectivity index (χ0v) is 15.0. The molecule has 0 spiro atoms. The predicted molar refractivity (Wildman–Crippen MR) is 98.5 cm³/mol. The fourth-order valence-corrected chi connectivity index (χ4v) is 3.18. The summed E-state index contributed by atoms with van der Waals surface area (Å²) in [5, 5.41) is 3.24. The third kappa shape index (κ3) is 3.86. The van der Waals surface area contributed by atoms with Crippen molar-refractivity contribution in [1.82, 2.24) is 19.9 Å². The highest BCUT2D eigenvalue weighted by molar-refractivity contribution is 5.41. The van der Waals surface area contributed by atoms with Gasteiger partial charge < -0.3 is 19.7 Å². The summed E-state index contributed by atoms with van der Waals surface area (Å²) in [6, 6.07) is 4.82. The average molecular weight is 356 g/mol. The monoisotopic (exact) mass is 356 g/mol. The SMILES string of the molecule is COc1cncc(NCc2ccc(N3CCN(C4COC4)CC3)nc2)n1. The molecule has 2 fully saturated rings. The summed E-state index contributed by atoms with van der Waals surface area (Å²) in [4.78, 5) is 17.9. The molecule has 2 aliphatic heterocycles. The maximum Gasteiger partial charge on any atom is 0.233 e. The number of hydrogen-bond donors (Lipinski definition) is 1. The van der Waals surface area contributed by atoms with Crippen LogP contribution in [0.3, 0.4) is 0 Å². The van der Waals surface area contributed by atoms with Gasteiger partial charge in [0, 0.05) is 38.9 Å². The van der Waals surface area contributed by atoms with Gasteiger partial charge in [-0.15, -0.1) is 0 Å². The van der Waals surface area contributed by atoms with Crippen LogP contribution in [0.2, 0.25) is 0 Å². The van der Waals surface area contributed by atoms with E-state index in [0.29, 0.717) is 24.3 Å². The van der Waals surface area contributed by atoms with Crippen LogP contribution < -0.4 is 15.0 Å². The fourth-order valence-electron chi connectivity index (χ4n) is 3.18. The minimum absolute atomic E-state index is 0.496. The van der Waals surface area contributed by atoms with Gasteiger partial charge in [-0.3, -0.25) is 9.88 Å². The molecule has 2 aromatic rings. The molecular weight excluding hydrogens is 332 g/mol. The Hall–Kier alpha value is -2.45. The summed E-state index contributed by atoms with van der Waals surface area (Å²) in [5.74, 6) is 2.22. The molecule has 0 saturated carbocycles. The summed E-state index contributed by atoms with van der Waals surface area (Å²) < 4.78 is 10.4. The Labute approximate surface area is 153 Å². The second kappa shape index (κ2) is 7.84. The fraction of sp³-hybridized carbons (Fsp3) is 0.500. The lowest BCUT2D eigenvalue weighted by Crippen LogP contribution is -2.56. The molecule has 2 saturated heterocycles. The van der Waals surface area contributed by atoms with Crippen molar-refractivity contribution in [2.45, 2.75) is 12.6 Å². The number of ether oxygens (including phenoxy) is 2. The van der Waals surface area contributed by atoms with Gasteiger partial charge in [-0.2, -0.15) is 4.98 Å². The zero-order valence-electron chi connectivity index (χ0n) is 15.0. The highest BCUT2D eigenvalue weighted by Crippen LogP contribution is 2.18. The Bertz CT molecular complexity index is 714. The third-order valence-corrected chi connectivity index (χ3v) is 4.88. The first-order valence-corrected chi connectivity index (χ1v) is 8.93. The van der Waals surface area contributed by atoms with E-state index < -0.39 is 0 Å². The first kappa shape index (κ1) is 17.0. The van der Waals surface area contributed by atoms with Crippen LogP contribution in [0.25, 0.3) is 0 Å². The Balaban J connectivity index is 1.29. The van der Waals surface area contributed by atoms with E-state index in [2.05, 4.69) is 42.2 Å². The maximum atomic E-state index is 5.29. The van der Waals surface area contributed by atoms with E-state index in [9.17, 15) is 0 Å². The molecule has 4 heterocycles. The number of methoxy groups -OCH3 is 1. The first-order chi connectivity index (χ1) is 12.8. The number of anilines is 2. The van der Waals surface area contributed by atoms with Crippen molar-refractivity contribution in [3.63, 3.8) is 0 Å². The smallest absolute Gasteiger partial charge is 0.233 e. The van der Waals surface area contributed by atoms with Crippen molar-refractivity contribution in [2.24, 2.45) is 0 Å². The van der Waals surface area contributed by atoms with Crippen LogP contribution in [0.4, 0.5) is 11.6 Å². The molecule has 0 aliphatic carbocycles. The molecule has 0 amide bonds. The molecule has 0 unspecified atom stereocenters. The largest absolute Gasteiger partial charge is 0.480 e. The molecule has 26 heavy (non-hydrogen) atoms. The molecule has 4 rings (SSSR count). The van der Waals surface area contributed by atoms with Crippen molar-refractivity contribution < 1.29 is 9.47 Å². The highest BCUT2D eigenvalue weighted by Gasteiger charge is 2.29. The van der Waals surface area contributed by atoms with Crippen LogP contribution >= 0.6 is 0 Å². The zero-order chi connectivity index (χ0) is 17.8. The van der Waals surface area contributed by atoms with Crippen LogP contribution in [0.15, 0.2) is 30.7 Å². The topological polar surface area (TPSA) is 75.6 Å². The second-order valence-electron chi connectivity index (χ2n) is 6.54. The minimum Gasteiger partial charge on any atom is -0.480 e. The van der Waals surface area contributed by atoms with Gasteiger partial charge in [0.25, 0.3) is 0 Å². The summed E-state index contributed by atoms with van der Waals surface area (Å²) in [7, 11) is 1.58. The highest BCUT2D eigenvalue weighted by atomic mass is 16.5. The number of rotatable bonds is 6. The molecule has 1 N–H and O–H groups in total. The van der Waals surface area contributed by atoms with E-state index in [1.807, 2.05) is 6.20 Å². The minimum atomic E-state index is 0.496. The van der Waals surface area contributed by atoms with Gasteiger partial charge in [0.15, 0.2) is 0 Å². The van der Waals surface area contributed by atoms with Crippen LogP contribution in [-0.4, -0.2) is 72.4 Å². The molecule has 138 valence electrons. The van der Waals surface area contributed by atoms with Crippen LogP contribution in [0, 0.1) is 0 Å². The number of piperazine rings is 1. The molecule has 0 atom stereocenters. The summed E-state index contributed by atoms with van der Waals surface area (Å²) >= 11 is 0. The predicted octanol–water partition coefficient (Wildman–Crippen LogP) is 1.01. The van der Waals surface area contributed by atoms with E-state index >= 15 is 0 Å². The van der Waals surface area contributed by atoms with Crippen molar-refractivity contribution in [3.8, 4) is 5.88 Å². The van der Waals surface area contributed by atoms with Gasteiger partial charge >= 0.3 is 0 Å². The summed E-state index contributed by atoms with van der Waals surface area (Å²) in [6.07, 6.45) is 5.18. The number of aromatic nitrogens is 3. The quantitative estimate of drug-likeness (QED) is 0.822. The normalized spacial score (nSPS) is 18.4. The van der Waals surface area contributed by atoms with E-state index in [0.717, 1.165) is 50.8 Å². The number of hydrogen-bond acceptors (Lipinski definition) is 8. The van der Waals surface area contributed by atoms with Crippen LogP contribution in [-0.2, 0) is 11.3 Å². The first-order valence-electron chi connectivity index (χ1n) is 8.93. The molecule has 2 aliphatic rings. The second-order valence-corrected chi connectivity index (χ2v) is 6.54. The Kier molecular flexibility index (Phi) is 5.12. The van der Waals surface area contributed by atoms with Gasteiger partial charge in [0.1, 0.15) is 11.6 Å². The molecule has 8 nitrogen and oxygen atoms in total. The van der Waals surface area contributed by atoms with Crippen molar-refractivity contribution >= 4 is 11.6 Å². The summed E-state index contributed by atoms with van der Waals surface area (Å²) in [6.45, 7) is 6.60. The van der Waals surface area contributed by atoms with Gasteiger partial charge in [0.2, 0.25) is 5.88 Å². The molecule has 0 bridgehead atoms. The van der Waals surface area contributed by atoms with Gasteiger partial charge in [-0.25, -0.2) is 4.98 Å². The lowest BCUT2D eigenvalue weighted by molar-refractivity contribution is -0.0661. The molecule has 0 aromatic carbocycles. The Morgan fingerprint density at radius 3 is 2.65 bits per heavy atom. The van der Waals surface area contributed by atoms with Gasteiger partial charge in [-0.05, 0) is 11.6 Å². The van der Waals surface area contributed by atoms with E-state index in [-0.39, 0.29) is 0 Å². The van der Waals surface area contributed by atoms with E-state index in [1.54, 1.807) is 19.5 Å². The molecule has 2 aromatic heterocycles. The Morgan fingerprint density at radius 1 is 1.15 bits per heavy atom. The third-order valence-electron chi connectivity index (χ3n) is 4.88. The van der Waals surface area contributed by atoms with Gasteiger partial charge in [-0.1, -0.05) is 6.07 Å². The average Bonchev–Trinajstić information content (AvgIpc) is 2.66. The number of nitrogens with one attached hydrogen (secondary N) is 1. The lowest BCUT2D eigenvalue weighted by Gasteiger charge is -2.42. The molecule has 0 radical (unpaired) electrons. The van der Waals surface area contributed by atoms with Crippen molar-refractivity contribution in [3.05, 3.63) is 36.3 Å². The van der Waals surface area contributed by atoms with Crippen LogP contribution in [0.5, 0.6) is 5.88 Å². The molecular formula is C18H24N6O2. The van der Waals surface area contributed by atoms with Gasteiger partial charge in [0.05, 0.1) is 38.8 Å². The van der Waals surface area contributed by atoms with E-state index in [1.165, 1.54) is 0 Å². The molecule has 8 heteroatoms. The van der Waals surface area contributed by atoms with Crippen molar-refractivity contribution in [1.29, 1.82) is 0 Å². The van der Waals surface area contributed by atoms with Crippen molar-refractivity contribution in [2.75, 3.05) is 56.7 Å². The lowest BCUT2D eigenvalue weighted by atomic mass is 10.2. The number of pyridine rings is 1. The van der Waals surface area contributed by atoms with Crippen LogP contribution in [0.1, 0.15) is 5.56 Å².